The summed E-state index contributed by atoms with van der Waals surface area (Å²) < 4.78 is 0. The monoisotopic (exact) mass is 224 g/mol. The number of phenols is 2. The van der Waals surface area contributed by atoms with Crippen LogP contribution in [0.25, 0.3) is 0 Å². The molecular formula is C11H16N2O3. The Bertz CT molecular complexity index is 355. The molecule has 0 aromatic heterocycles. The maximum absolute atomic E-state index is 11.7. The van der Waals surface area contributed by atoms with Gasteiger partial charge in [0.25, 0.3) is 5.91 Å². The number of nitrogens with two attached hydrogens (primary N) is 1. The summed E-state index contributed by atoms with van der Waals surface area (Å²) in [5.41, 5.74) is 5.33. The summed E-state index contributed by atoms with van der Waals surface area (Å²) in [6.07, 6.45) is 0.691. The molecule has 0 heterocycles. The number of rotatable bonds is 4. The second-order valence-electron chi connectivity index (χ2n) is 3.49. The molecule has 1 aromatic rings. The van der Waals surface area contributed by atoms with Crippen LogP contribution in [0.2, 0.25) is 0 Å². The Morgan fingerprint density at radius 3 is 2.44 bits per heavy atom. The average molecular weight is 224 g/mol. The van der Waals surface area contributed by atoms with Gasteiger partial charge in [-0.3, -0.25) is 4.79 Å². The number of hydrogen-bond donors (Lipinski definition) is 4. The van der Waals surface area contributed by atoms with Gasteiger partial charge in [-0.2, -0.15) is 0 Å². The summed E-state index contributed by atoms with van der Waals surface area (Å²) in [6, 6.07) is 3.99. The molecular weight excluding hydrogens is 208 g/mol. The van der Waals surface area contributed by atoms with Gasteiger partial charge in [-0.05, 0) is 18.6 Å². The highest BCUT2D eigenvalue weighted by Crippen LogP contribution is 2.25. The number of amides is 1. The third-order valence-electron chi connectivity index (χ3n) is 2.36. The van der Waals surface area contributed by atoms with Crippen molar-refractivity contribution in [3.05, 3.63) is 23.8 Å². The fourth-order valence-corrected chi connectivity index (χ4v) is 1.35. The van der Waals surface area contributed by atoms with Gasteiger partial charge >= 0.3 is 0 Å². The van der Waals surface area contributed by atoms with Gasteiger partial charge in [-0.1, -0.05) is 13.0 Å². The van der Waals surface area contributed by atoms with Crippen LogP contribution >= 0.6 is 0 Å². The molecule has 1 amide bonds. The molecule has 1 unspecified atom stereocenters. The van der Waals surface area contributed by atoms with Gasteiger partial charge in [0, 0.05) is 12.6 Å². The lowest BCUT2D eigenvalue weighted by Crippen LogP contribution is -2.39. The molecule has 88 valence electrons. The first-order chi connectivity index (χ1) is 7.60. The molecule has 0 saturated heterocycles. The molecule has 1 atom stereocenters. The average Bonchev–Trinajstić information content (AvgIpc) is 2.25. The molecule has 1 rings (SSSR count). The normalized spacial score (nSPS) is 12.1. The lowest BCUT2D eigenvalue weighted by atomic mass is 10.1. The van der Waals surface area contributed by atoms with Gasteiger partial charge in [-0.25, -0.2) is 0 Å². The van der Waals surface area contributed by atoms with Crippen molar-refractivity contribution >= 4 is 5.91 Å². The summed E-state index contributed by atoms with van der Waals surface area (Å²) in [7, 11) is 0. The number of hydrogen-bond acceptors (Lipinski definition) is 4. The van der Waals surface area contributed by atoms with Crippen molar-refractivity contribution in [1.29, 1.82) is 0 Å². The highest BCUT2D eigenvalue weighted by atomic mass is 16.3. The van der Waals surface area contributed by atoms with Crippen molar-refractivity contribution in [2.45, 2.75) is 19.4 Å². The van der Waals surface area contributed by atoms with E-state index in [9.17, 15) is 15.0 Å². The van der Waals surface area contributed by atoms with Gasteiger partial charge in [-0.15, -0.1) is 0 Å². The summed E-state index contributed by atoms with van der Waals surface area (Å²) >= 11 is 0. The van der Waals surface area contributed by atoms with Gasteiger partial charge in [0.05, 0.1) is 0 Å². The van der Waals surface area contributed by atoms with Gasteiger partial charge in [0.1, 0.15) is 17.1 Å². The van der Waals surface area contributed by atoms with E-state index in [-0.39, 0.29) is 23.1 Å². The molecule has 0 fully saturated rings. The fourth-order valence-electron chi connectivity index (χ4n) is 1.35. The third-order valence-corrected chi connectivity index (χ3v) is 2.36. The maximum atomic E-state index is 11.7. The largest absolute Gasteiger partial charge is 0.507 e. The molecule has 5 heteroatoms. The van der Waals surface area contributed by atoms with E-state index in [1.54, 1.807) is 0 Å². The van der Waals surface area contributed by atoms with Crippen LogP contribution in [0.4, 0.5) is 0 Å². The lowest BCUT2D eigenvalue weighted by Gasteiger charge is -2.15. The Balaban J connectivity index is 2.88. The summed E-state index contributed by atoms with van der Waals surface area (Å²) in [5.74, 6) is -1.01. The molecule has 0 aliphatic heterocycles. The minimum Gasteiger partial charge on any atom is -0.507 e. The van der Waals surface area contributed by atoms with E-state index in [0.717, 1.165) is 0 Å². The van der Waals surface area contributed by atoms with Crippen molar-refractivity contribution in [3.8, 4) is 11.5 Å². The highest BCUT2D eigenvalue weighted by Gasteiger charge is 2.17. The number of carbonyl (C=O) groups is 1. The summed E-state index contributed by atoms with van der Waals surface area (Å²) in [4.78, 5) is 11.7. The predicted molar refractivity (Wildman–Crippen MR) is 60.4 cm³/mol. The molecule has 16 heavy (non-hydrogen) atoms. The molecule has 5 nitrogen and oxygen atoms in total. The predicted octanol–water partition coefficient (Wildman–Crippen LogP) is 0.565. The smallest absolute Gasteiger partial charge is 0.259 e. The van der Waals surface area contributed by atoms with Crippen LogP contribution in [-0.2, 0) is 0 Å². The maximum Gasteiger partial charge on any atom is 0.259 e. The van der Waals surface area contributed by atoms with Crippen LogP contribution in [-0.4, -0.2) is 28.7 Å². The second-order valence-corrected chi connectivity index (χ2v) is 3.49. The van der Waals surface area contributed by atoms with Crippen LogP contribution in [0.5, 0.6) is 11.5 Å². The number of carbonyl (C=O) groups excluding carboxylic acids is 1. The van der Waals surface area contributed by atoms with Crippen LogP contribution in [0.15, 0.2) is 18.2 Å². The zero-order valence-corrected chi connectivity index (χ0v) is 9.10. The van der Waals surface area contributed by atoms with Crippen molar-refractivity contribution in [2.75, 3.05) is 6.54 Å². The van der Waals surface area contributed by atoms with Crippen LogP contribution in [0.3, 0.4) is 0 Å². The first kappa shape index (κ1) is 12.3. The molecule has 0 spiro atoms. The molecule has 0 aliphatic carbocycles. The highest BCUT2D eigenvalue weighted by molar-refractivity contribution is 5.99. The molecule has 0 radical (unpaired) electrons. The molecule has 5 N–H and O–H groups in total. The Hall–Kier alpha value is -1.75. The van der Waals surface area contributed by atoms with E-state index in [1.807, 2.05) is 6.92 Å². The second kappa shape index (κ2) is 5.37. The van der Waals surface area contributed by atoms with Crippen molar-refractivity contribution in [2.24, 2.45) is 5.73 Å². The number of nitrogens with one attached hydrogen (secondary N) is 1. The third kappa shape index (κ3) is 2.64. The Morgan fingerprint density at radius 1 is 1.44 bits per heavy atom. The standard InChI is InChI=1S/C11H16N2O3/c1-2-7(6-12)13-11(16)10-8(14)4-3-5-9(10)15/h3-5,7,14-15H,2,6,12H2,1H3,(H,13,16). The topological polar surface area (TPSA) is 95.6 Å². The number of aromatic hydroxyl groups is 2. The first-order valence-corrected chi connectivity index (χ1v) is 5.12. The zero-order valence-electron chi connectivity index (χ0n) is 9.10. The summed E-state index contributed by atoms with van der Waals surface area (Å²) in [6.45, 7) is 2.21. The quantitative estimate of drug-likeness (QED) is 0.601. The summed E-state index contributed by atoms with van der Waals surface area (Å²) in [5, 5.41) is 21.6. The van der Waals surface area contributed by atoms with E-state index in [2.05, 4.69) is 5.32 Å². The fraction of sp³-hybridized carbons (Fsp3) is 0.364. The van der Waals surface area contributed by atoms with Crippen LogP contribution in [0.1, 0.15) is 23.7 Å². The van der Waals surface area contributed by atoms with Crippen molar-refractivity contribution in [3.63, 3.8) is 0 Å². The molecule has 0 aliphatic rings. The Morgan fingerprint density at radius 2 is 2.00 bits per heavy atom. The van der Waals surface area contributed by atoms with E-state index in [0.29, 0.717) is 13.0 Å². The number of benzene rings is 1. The van der Waals surface area contributed by atoms with E-state index < -0.39 is 5.91 Å². The van der Waals surface area contributed by atoms with Crippen molar-refractivity contribution in [1.82, 2.24) is 5.32 Å². The van der Waals surface area contributed by atoms with Gasteiger partial charge in [0.15, 0.2) is 0 Å². The van der Waals surface area contributed by atoms with E-state index in [4.69, 9.17) is 5.73 Å². The Kier molecular flexibility index (Phi) is 4.13. The SMILES string of the molecule is CCC(CN)NC(=O)c1c(O)cccc1O. The molecule has 0 saturated carbocycles. The molecule has 0 bridgehead atoms. The minimum absolute atomic E-state index is 0.116. The van der Waals surface area contributed by atoms with E-state index >= 15 is 0 Å². The zero-order chi connectivity index (χ0) is 12.1. The van der Waals surface area contributed by atoms with Gasteiger partial charge in [0.2, 0.25) is 0 Å². The van der Waals surface area contributed by atoms with Crippen molar-refractivity contribution < 1.29 is 15.0 Å². The molecule has 1 aromatic carbocycles. The van der Waals surface area contributed by atoms with Crippen LogP contribution < -0.4 is 11.1 Å². The minimum atomic E-state index is -0.520. The lowest BCUT2D eigenvalue weighted by molar-refractivity contribution is 0.0931. The van der Waals surface area contributed by atoms with E-state index in [1.165, 1.54) is 18.2 Å². The van der Waals surface area contributed by atoms with Gasteiger partial charge < -0.3 is 21.3 Å². The first-order valence-electron chi connectivity index (χ1n) is 5.12. The van der Waals surface area contributed by atoms with Crippen LogP contribution in [0, 0.1) is 0 Å². The number of phenolic OH excluding ortho intramolecular Hbond substituents is 2. The Labute approximate surface area is 93.9 Å².